The number of hydrogen-bond donors (Lipinski definition) is 1. The number of nitrogens with zero attached hydrogens (tertiary/aromatic N) is 1. The zero-order valence-electron chi connectivity index (χ0n) is 8.18. The van der Waals surface area contributed by atoms with Crippen LogP contribution in [0.25, 0.3) is 0 Å². The van der Waals surface area contributed by atoms with Crippen LogP contribution in [0.15, 0.2) is 3.92 Å². The van der Waals surface area contributed by atoms with E-state index < -0.39 is 0 Å². The maximum Gasteiger partial charge on any atom is 0.237 e. The van der Waals surface area contributed by atoms with E-state index in [0.717, 1.165) is 40.3 Å². The van der Waals surface area contributed by atoms with Crippen molar-refractivity contribution in [2.75, 3.05) is 5.32 Å². The fraction of sp³-hybridized carbons (Fsp3) is 0.600. The Morgan fingerprint density at radius 3 is 2.80 bits per heavy atom. The molecule has 2 heterocycles. The lowest BCUT2D eigenvalue weighted by molar-refractivity contribution is -0.122. The maximum atomic E-state index is 12.0. The fourth-order valence-electron chi connectivity index (χ4n) is 2.65. The molecule has 3 rings (SSSR count). The molecule has 80 valence electrons. The normalized spacial score (nSPS) is 22.9. The van der Waals surface area contributed by atoms with Crippen LogP contribution in [-0.4, -0.2) is 10.9 Å². The number of anilines is 1. The van der Waals surface area contributed by atoms with Gasteiger partial charge in [0.05, 0.1) is 11.1 Å². The smallest absolute Gasteiger partial charge is 0.237 e. The first-order valence-corrected chi connectivity index (χ1v) is 6.82. The molecule has 1 aromatic heterocycles. The Kier molecular flexibility index (Phi) is 2.14. The average molecular weight is 287 g/mol. The number of aromatic nitrogens is 1. The van der Waals surface area contributed by atoms with E-state index in [-0.39, 0.29) is 11.3 Å². The highest BCUT2D eigenvalue weighted by atomic mass is 79.9. The molecule has 1 N–H and O–H groups in total. The molecular weight excluding hydrogens is 276 g/mol. The molecule has 1 amide bonds. The number of fused-ring (bicyclic) bond motifs is 2. The van der Waals surface area contributed by atoms with E-state index in [1.165, 1.54) is 17.8 Å². The van der Waals surface area contributed by atoms with Gasteiger partial charge in [-0.3, -0.25) is 4.79 Å². The summed E-state index contributed by atoms with van der Waals surface area (Å²) in [6, 6.07) is 0. The molecule has 0 radical (unpaired) electrons. The van der Waals surface area contributed by atoms with Crippen molar-refractivity contribution in [1.82, 2.24) is 4.98 Å². The number of amides is 1. The van der Waals surface area contributed by atoms with Gasteiger partial charge in [-0.05, 0) is 28.8 Å². The molecule has 1 aromatic rings. The average Bonchev–Trinajstić information content (AvgIpc) is 2.69. The lowest BCUT2D eigenvalue weighted by Crippen LogP contribution is -2.36. The summed E-state index contributed by atoms with van der Waals surface area (Å²) in [7, 11) is 0. The predicted molar refractivity (Wildman–Crippen MR) is 63.2 cm³/mol. The summed E-state index contributed by atoms with van der Waals surface area (Å²) in [6.45, 7) is 0. The molecule has 2 aliphatic rings. The Bertz CT molecular complexity index is 423. The predicted octanol–water partition coefficient (Wildman–Crippen LogP) is 3.06. The second-order valence-corrected chi connectivity index (χ2v) is 6.52. The monoisotopic (exact) mass is 286 g/mol. The van der Waals surface area contributed by atoms with Gasteiger partial charge in [0.1, 0.15) is 5.00 Å². The molecule has 3 nitrogen and oxygen atoms in total. The quantitative estimate of drug-likeness (QED) is 0.796. The summed E-state index contributed by atoms with van der Waals surface area (Å²) in [5, 5.41) is 3.92. The van der Waals surface area contributed by atoms with E-state index in [9.17, 15) is 4.79 Å². The molecule has 1 saturated carbocycles. The fourth-order valence-corrected chi connectivity index (χ4v) is 4.10. The van der Waals surface area contributed by atoms with Gasteiger partial charge in [-0.15, -0.1) is 0 Å². The lowest BCUT2D eigenvalue weighted by atomic mass is 9.73. The molecule has 5 heteroatoms. The van der Waals surface area contributed by atoms with E-state index >= 15 is 0 Å². The summed E-state index contributed by atoms with van der Waals surface area (Å²) in [6.07, 6.45) is 5.45. The first-order valence-electron chi connectivity index (χ1n) is 5.21. The summed E-state index contributed by atoms with van der Waals surface area (Å²) in [5.74, 6) is 0.170. The van der Waals surface area contributed by atoms with Crippen molar-refractivity contribution < 1.29 is 4.79 Å². The zero-order valence-corrected chi connectivity index (χ0v) is 10.6. The van der Waals surface area contributed by atoms with Crippen LogP contribution in [0.4, 0.5) is 5.00 Å². The highest BCUT2D eigenvalue weighted by Gasteiger charge is 2.49. The molecule has 1 spiro atoms. The van der Waals surface area contributed by atoms with Gasteiger partial charge in [0.15, 0.2) is 3.92 Å². The largest absolute Gasteiger partial charge is 0.315 e. The van der Waals surface area contributed by atoms with Gasteiger partial charge in [-0.2, -0.15) is 0 Å². The topological polar surface area (TPSA) is 42.0 Å². The maximum absolute atomic E-state index is 12.0. The third-order valence-corrected chi connectivity index (χ3v) is 4.85. The van der Waals surface area contributed by atoms with Crippen LogP contribution in [0.3, 0.4) is 0 Å². The molecule has 0 saturated heterocycles. The van der Waals surface area contributed by atoms with Crippen molar-refractivity contribution >= 4 is 38.2 Å². The first-order chi connectivity index (χ1) is 7.22. The van der Waals surface area contributed by atoms with E-state index in [4.69, 9.17) is 0 Å². The highest BCUT2D eigenvalue weighted by Crippen LogP contribution is 2.49. The van der Waals surface area contributed by atoms with Crippen LogP contribution in [0, 0.1) is 0 Å². The number of nitrogens with one attached hydrogen (secondary N) is 1. The third kappa shape index (κ3) is 1.29. The van der Waals surface area contributed by atoms with Crippen molar-refractivity contribution in [2.24, 2.45) is 0 Å². The second-order valence-electron chi connectivity index (χ2n) is 4.24. The third-order valence-electron chi connectivity index (χ3n) is 3.42. The number of hydrogen-bond acceptors (Lipinski definition) is 3. The minimum absolute atomic E-state index is 0.170. The minimum Gasteiger partial charge on any atom is -0.315 e. The lowest BCUT2D eigenvalue weighted by Gasteiger charge is -2.29. The van der Waals surface area contributed by atoms with Gasteiger partial charge in [0.25, 0.3) is 0 Å². The SMILES string of the molecule is O=C1Nc2sc(Br)nc2C12CCCCC2. The number of thiazole rings is 1. The molecule has 0 bridgehead atoms. The molecule has 0 aromatic carbocycles. The zero-order chi connectivity index (χ0) is 10.5. The van der Waals surface area contributed by atoms with Crippen molar-refractivity contribution in [2.45, 2.75) is 37.5 Å². The number of carbonyl (C=O) groups is 1. The minimum atomic E-state index is -0.296. The van der Waals surface area contributed by atoms with Gasteiger partial charge in [-0.25, -0.2) is 4.98 Å². The molecule has 0 unspecified atom stereocenters. The van der Waals surface area contributed by atoms with E-state index in [1.807, 2.05) is 0 Å². The summed E-state index contributed by atoms with van der Waals surface area (Å²) in [4.78, 5) is 16.5. The van der Waals surface area contributed by atoms with Crippen LogP contribution < -0.4 is 5.32 Å². The molecule has 1 fully saturated rings. The molecule has 1 aliphatic heterocycles. The summed E-state index contributed by atoms with van der Waals surface area (Å²) >= 11 is 4.91. The van der Waals surface area contributed by atoms with Gasteiger partial charge in [-0.1, -0.05) is 30.6 Å². The highest BCUT2D eigenvalue weighted by molar-refractivity contribution is 9.11. The van der Waals surface area contributed by atoms with Crippen molar-refractivity contribution in [3.05, 3.63) is 9.61 Å². The second kappa shape index (κ2) is 3.28. The Balaban J connectivity index is 2.10. The van der Waals surface area contributed by atoms with Crippen LogP contribution in [0.2, 0.25) is 0 Å². The van der Waals surface area contributed by atoms with E-state index in [2.05, 4.69) is 26.2 Å². The van der Waals surface area contributed by atoms with Crippen LogP contribution in [-0.2, 0) is 10.2 Å². The van der Waals surface area contributed by atoms with Crippen LogP contribution in [0.1, 0.15) is 37.8 Å². The molecular formula is C10H11BrN2OS. The first kappa shape index (κ1) is 9.78. The molecule has 1 aliphatic carbocycles. The van der Waals surface area contributed by atoms with E-state index in [0.29, 0.717) is 0 Å². The van der Waals surface area contributed by atoms with E-state index in [1.54, 1.807) is 0 Å². The number of carbonyl (C=O) groups excluding carboxylic acids is 1. The van der Waals surface area contributed by atoms with Crippen molar-refractivity contribution in [3.8, 4) is 0 Å². The van der Waals surface area contributed by atoms with Crippen LogP contribution >= 0.6 is 27.3 Å². The Morgan fingerprint density at radius 2 is 2.07 bits per heavy atom. The summed E-state index contributed by atoms with van der Waals surface area (Å²) in [5.41, 5.74) is 0.694. The molecule has 15 heavy (non-hydrogen) atoms. The standard InChI is InChI=1S/C10H11BrN2OS/c11-9-12-6-7(15-9)13-8(14)10(6)4-2-1-3-5-10/h1-5H2,(H,13,14). The summed E-state index contributed by atoms with van der Waals surface area (Å²) < 4.78 is 0.873. The van der Waals surface area contributed by atoms with Gasteiger partial charge < -0.3 is 5.32 Å². The number of rotatable bonds is 0. The van der Waals surface area contributed by atoms with Crippen molar-refractivity contribution in [1.29, 1.82) is 0 Å². The van der Waals surface area contributed by atoms with Gasteiger partial charge >= 0.3 is 0 Å². The Labute approximate surface area is 100 Å². The van der Waals surface area contributed by atoms with Gasteiger partial charge in [0.2, 0.25) is 5.91 Å². The van der Waals surface area contributed by atoms with Crippen LogP contribution in [0.5, 0.6) is 0 Å². The Morgan fingerprint density at radius 1 is 1.33 bits per heavy atom. The van der Waals surface area contributed by atoms with Gasteiger partial charge in [0, 0.05) is 0 Å². The molecule has 0 atom stereocenters. The Hall–Kier alpha value is -0.420. The van der Waals surface area contributed by atoms with Crippen molar-refractivity contribution in [3.63, 3.8) is 0 Å². The number of halogens is 1.